The van der Waals surface area contributed by atoms with Crippen LogP contribution in [0.5, 0.6) is 0 Å². The Morgan fingerprint density at radius 3 is 1.89 bits per heavy atom. The van der Waals surface area contributed by atoms with E-state index in [1.165, 1.54) is 25.8 Å². The third kappa shape index (κ3) is 5.08. The van der Waals surface area contributed by atoms with Crippen molar-refractivity contribution in [3.63, 3.8) is 0 Å². The van der Waals surface area contributed by atoms with Gasteiger partial charge in [-0.05, 0) is 6.92 Å². The van der Waals surface area contributed by atoms with Crippen molar-refractivity contribution in [2.75, 3.05) is 12.9 Å². The lowest BCUT2D eigenvalue weighted by Crippen LogP contribution is -2.42. The average Bonchev–Trinajstić information content (AvgIpc) is 2.22. The van der Waals surface area contributed by atoms with Gasteiger partial charge in [0.2, 0.25) is 0 Å². The summed E-state index contributed by atoms with van der Waals surface area (Å²) >= 11 is 1.43. The Hall–Kier alpha value is -1.04. The van der Waals surface area contributed by atoms with Gasteiger partial charge in [-0.1, -0.05) is 20.8 Å². The fraction of sp³-hybridized carbons (Fsp3) is 0.750. The molecule has 0 heterocycles. The summed E-state index contributed by atoms with van der Waals surface area (Å²) in [4.78, 5) is 34.4. The van der Waals surface area contributed by atoms with E-state index in [9.17, 15) is 14.4 Å². The monoisotopic (exact) mass is 276 g/mol. The molecule has 0 N–H and O–H groups in total. The van der Waals surface area contributed by atoms with Crippen LogP contribution in [-0.4, -0.2) is 35.5 Å². The van der Waals surface area contributed by atoms with Gasteiger partial charge in [-0.3, -0.25) is 14.4 Å². The van der Waals surface area contributed by atoms with E-state index in [0.717, 1.165) is 6.92 Å². The highest BCUT2D eigenvalue weighted by molar-refractivity contribution is 8.00. The minimum absolute atomic E-state index is 0.119. The van der Waals surface area contributed by atoms with Gasteiger partial charge in [0.1, 0.15) is 0 Å². The van der Waals surface area contributed by atoms with E-state index in [0.29, 0.717) is 0 Å². The van der Waals surface area contributed by atoms with Crippen LogP contribution in [0, 0.1) is 5.41 Å². The molecule has 0 aromatic rings. The molecule has 0 aliphatic carbocycles. The molecule has 6 heteroatoms. The van der Waals surface area contributed by atoms with Gasteiger partial charge in [-0.2, -0.15) is 11.8 Å². The molecule has 104 valence electrons. The third-order valence-electron chi connectivity index (χ3n) is 2.12. The first-order valence-electron chi connectivity index (χ1n) is 5.48. The van der Waals surface area contributed by atoms with E-state index in [-0.39, 0.29) is 10.5 Å². The molecule has 0 saturated heterocycles. The lowest BCUT2D eigenvalue weighted by molar-refractivity contribution is -0.172. The molecule has 0 radical (unpaired) electrons. The topological polar surface area (TPSA) is 69.7 Å². The van der Waals surface area contributed by atoms with Crippen molar-refractivity contribution in [1.82, 2.24) is 0 Å². The van der Waals surface area contributed by atoms with E-state index >= 15 is 0 Å². The Labute approximate surface area is 112 Å². The summed E-state index contributed by atoms with van der Waals surface area (Å²) in [5.74, 6) is -2.13. The number of hydrogen-bond acceptors (Lipinski definition) is 6. The Kier molecular flexibility index (Phi) is 5.86. The number of ether oxygens (including phenoxy) is 2. The second-order valence-corrected chi connectivity index (χ2v) is 6.91. The fourth-order valence-corrected chi connectivity index (χ4v) is 1.99. The molecule has 0 fully saturated rings. The largest absolute Gasteiger partial charge is 0.468 e. The first-order chi connectivity index (χ1) is 8.03. The molecule has 0 aliphatic heterocycles. The highest BCUT2D eigenvalue weighted by Gasteiger charge is 2.45. The quantitative estimate of drug-likeness (QED) is 0.576. The maximum Gasteiger partial charge on any atom is 0.331 e. The van der Waals surface area contributed by atoms with Gasteiger partial charge in [0.05, 0.1) is 7.11 Å². The van der Waals surface area contributed by atoms with Crippen LogP contribution in [0.1, 0.15) is 34.6 Å². The second-order valence-electron chi connectivity index (χ2n) is 5.11. The number of esters is 3. The van der Waals surface area contributed by atoms with Crippen LogP contribution in [0.15, 0.2) is 0 Å². The SMILES string of the molecule is COC(=O)[C@@](C)(CSC(C)(C)C)C(=O)OC(C)=O. The molecule has 0 spiro atoms. The molecule has 0 rings (SSSR count). The van der Waals surface area contributed by atoms with E-state index in [2.05, 4.69) is 9.47 Å². The number of carbonyl (C=O) groups is 3. The number of rotatable bonds is 4. The van der Waals surface area contributed by atoms with Crippen molar-refractivity contribution in [1.29, 1.82) is 0 Å². The second kappa shape index (κ2) is 6.22. The van der Waals surface area contributed by atoms with Crippen LogP contribution in [0.3, 0.4) is 0 Å². The zero-order chi connectivity index (χ0) is 14.6. The minimum Gasteiger partial charge on any atom is -0.468 e. The minimum atomic E-state index is -1.47. The summed E-state index contributed by atoms with van der Waals surface area (Å²) in [5, 5.41) is 0. The van der Waals surface area contributed by atoms with Crippen LogP contribution in [-0.2, 0) is 23.9 Å². The maximum atomic E-state index is 11.8. The summed E-state index contributed by atoms with van der Waals surface area (Å²) in [6.45, 7) is 8.43. The van der Waals surface area contributed by atoms with Gasteiger partial charge < -0.3 is 9.47 Å². The van der Waals surface area contributed by atoms with E-state index in [1.807, 2.05) is 20.8 Å². The van der Waals surface area contributed by atoms with Crippen LogP contribution in [0.25, 0.3) is 0 Å². The number of hydrogen-bond donors (Lipinski definition) is 0. The van der Waals surface area contributed by atoms with Crippen LogP contribution in [0.2, 0.25) is 0 Å². The lowest BCUT2D eigenvalue weighted by atomic mass is 9.94. The molecule has 1 atom stereocenters. The van der Waals surface area contributed by atoms with E-state index in [4.69, 9.17) is 0 Å². The molecule has 0 bridgehead atoms. The molecule has 0 aromatic carbocycles. The van der Waals surface area contributed by atoms with E-state index < -0.39 is 23.3 Å². The fourth-order valence-electron chi connectivity index (χ4n) is 1.03. The van der Waals surface area contributed by atoms with Crippen LogP contribution >= 0.6 is 11.8 Å². The van der Waals surface area contributed by atoms with Crippen molar-refractivity contribution in [3.8, 4) is 0 Å². The highest BCUT2D eigenvalue weighted by Crippen LogP contribution is 2.33. The van der Waals surface area contributed by atoms with E-state index in [1.54, 1.807) is 0 Å². The highest BCUT2D eigenvalue weighted by atomic mass is 32.2. The molecular weight excluding hydrogens is 256 g/mol. The Morgan fingerprint density at radius 2 is 1.56 bits per heavy atom. The van der Waals surface area contributed by atoms with Crippen molar-refractivity contribution >= 4 is 29.7 Å². The van der Waals surface area contributed by atoms with Crippen LogP contribution < -0.4 is 0 Å². The van der Waals surface area contributed by atoms with Gasteiger partial charge >= 0.3 is 17.9 Å². The standard InChI is InChI=1S/C12H20O5S/c1-8(13)17-10(15)12(5,9(14)16-6)7-18-11(2,3)4/h7H2,1-6H3/t12-/m1/s1. The molecule has 0 aromatic heterocycles. The van der Waals surface area contributed by atoms with Gasteiger partial charge in [-0.25, -0.2) is 0 Å². The molecule has 0 aliphatic rings. The maximum absolute atomic E-state index is 11.8. The first-order valence-corrected chi connectivity index (χ1v) is 6.46. The Morgan fingerprint density at radius 1 is 1.06 bits per heavy atom. The first kappa shape index (κ1) is 17.0. The number of thioether (sulfide) groups is 1. The van der Waals surface area contributed by atoms with Gasteiger partial charge in [0.15, 0.2) is 5.41 Å². The van der Waals surface area contributed by atoms with Gasteiger partial charge in [0, 0.05) is 17.4 Å². The summed E-state index contributed by atoms with van der Waals surface area (Å²) in [6, 6.07) is 0. The molecule has 0 unspecified atom stereocenters. The van der Waals surface area contributed by atoms with Gasteiger partial charge in [0.25, 0.3) is 0 Å². The smallest absolute Gasteiger partial charge is 0.331 e. The predicted molar refractivity (Wildman–Crippen MR) is 69.1 cm³/mol. The van der Waals surface area contributed by atoms with Gasteiger partial charge in [-0.15, -0.1) is 0 Å². The summed E-state index contributed by atoms with van der Waals surface area (Å²) in [5.41, 5.74) is -1.47. The third-order valence-corrected chi connectivity index (χ3v) is 3.70. The number of carbonyl (C=O) groups excluding carboxylic acids is 3. The van der Waals surface area contributed by atoms with Crippen LogP contribution in [0.4, 0.5) is 0 Å². The predicted octanol–water partition coefficient (Wildman–Crippen LogP) is 1.79. The zero-order valence-corrected chi connectivity index (χ0v) is 12.5. The van der Waals surface area contributed by atoms with Crippen molar-refractivity contribution in [2.45, 2.75) is 39.4 Å². The van der Waals surface area contributed by atoms with Crippen molar-refractivity contribution < 1.29 is 23.9 Å². The molecule has 18 heavy (non-hydrogen) atoms. The van der Waals surface area contributed by atoms with Crippen molar-refractivity contribution in [3.05, 3.63) is 0 Å². The molecular formula is C12H20O5S. The molecule has 0 saturated carbocycles. The summed E-state index contributed by atoms with van der Waals surface area (Å²) in [6.07, 6.45) is 0. The Bertz CT molecular complexity index is 345. The van der Waals surface area contributed by atoms with Crippen molar-refractivity contribution in [2.24, 2.45) is 5.41 Å². The lowest BCUT2D eigenvalue weighted by Gasteiger charge is -2.27. The summed E-state index contributed by atoms with van der Waals surface area (Å²) in [7, 11) is 1.20. The normalized spacial score (nSPS) is 14.6. The Balaban J connectivity index is 5.00. The number of methoxy groups -OCH3 is 1. The average molecular weight is 276 g/mol. The summed E-state index contributed by atoms with van der Waals surface area (Å²) < 4.78 is 9.01. The zero-order valence-electron chi connectivity index (χ0n) is 11.7. The molecule has 5 nitrogen and oxygen atoms in total. The molecule has 0 amide bonds.